The summed E-state index contributed by atoms with van der Waals surface area (Å²) in [5.74, 6) is 1.05. The van der Waals surface area contributed by atoms with Gasteiger partial charge in [0.15, 0.2) is 0 Å². The Kier molecular flexibility index (Phi) is 5.93. The molecule has 1 aromatic heterocycles. The van der Waals surface area contributed by atoms with E-state index in [1.807, 2.05) is 6.07 Å². The summed E-state index contributed by atoms with van der Waals surface area (Å²) in [4.78, 5) is 11.2. The maximum Gasteiger partial charge on any atom is 0.147 e. The van der Waals surface area contributed by atoms with Gasteiger partial charge in [0.25, 0.3) is 0 Å². The molecule has 0 unspecified atom stereocenters. The van der Waals surface area contributed by atoms with Crippen LogP contribution in [0.3, 0.4) is 0 Å². The maximum absolute atomic E-state index is 6.15. The molecule has 0 saturated carbocycles. The van der Waals surface area contributed by atoms with Crippen molar-refractivity contribution in [3.05, 3.63) is 41.6 Å². The molecular weight excluding hydrogens is 361 g/mol. The highest BCUT2D eigenvalue weighted by atomic mass is 35.5. The van der Waals surface area contributed by atoms with Crippen LogP contribution in [0.2, 0.25) is 5.02 Å². The smallest absolute Gasteiger partial charge is 0.147 e. The molecular formula is C18H21Cl2N3S. The molecule has 2 aliphatic heterocycles. The zero-order chi connectivity index (χ0) is 15.6. The molecule has 0 radical (unpaired) electrons. The second kappa shape index (κ2) is 7.96. The van der Waals surface area contributed by atoms with Crippen molar-refractivity contribution in [2.75, 3.05) is 31.1 Å². The SMILES string of the molecule is Clc1cnc2c(c1)Sc1ccccc1N2CC[NH+]1CCCCC1.[Cl-]. The van der Waals surface area contributed by atoms with E-state index >= 15 is 0 Å². The van der Waals surface area contributed by atoms with Crippen molar-refractivity contribution in [2.24, 2.45) is 0 Å². The van der Waals surface area contributed by atoms with Crippen LogP contribution >= 0.6 is 23.4 Å². The Labute approximate surface area is 158 Å². The zero-order valence-corrected chi connectivity index (χ0v) is 15.8. The van der Waals surface area contributed by atoms with Gasteiger partial charge in [0, 0.05) is 11.1 Å². The average molecular weight is 382 g/mol. The summed E-state index contributed by atoms with van der Waals surface area (Å²) in [6, 6.07) is 10.6. The summed E-state index contributed by atoms with van der Waals surface area (Å²) >= 11 is 7.92. The first kappa shape index (κ1) is 17.9. The molecule has 0 spiro atoms. The molecule has 1 aromatic carbocycles. The number of pyridine rings is 1. The van der Waals surface area contributed by atoms with E-state index < -0.39 is 0 Å². The molecule has 4 rings (SSSR count). The summed E-state index contributed by atoms with van der Waals surface area (Å²) in [6.07, 6.45) is 5.89. The Hall–Kier alpha value is -0.940. The quantitative estimate of drug-likeness (QED) is 0.831. The highest BCUT2D eigenvalue weighted by Gasteiger charge is 2.26. The number of rotatable bonds is 3. The van der Waals surface area contributed by atoms with Crippen molar-refractivity contribution in [1.29, 1.82) is 0 Å². The van der Waals surface area contributed by atoms with Gasteiger partial charge in [-0.25, -0.2) is 4.98 Å². The van der Waals surface area contributed by atoms with Crippen LogP contribution in [-0.2, 0) is 0 Å². The van der Waals surface area contributed by atoms with Crippen molar-refractivity contribution >= 4 is 34.9 Å². The van der Waals surface area contributed by atoms with E-state index in [0.717, 1.165) is 17.3 Å². The third-order valence-corrected chi connectivity index (χ3v) is 5.97. The van der Waals surface area contributed by atoms with Crippen molar-refractivity contribution in [1.82, 2.24) is 4.98 Å². The van der Waals surface area contributed by atoms with E-state index in [1.165, 1.54) is 49.5 Å². The average Bonchev–Trinajstić information content (AvgIpc) is 2.59. The van der Waals surface area contributed by atoms with E-state index in [1.54, 1.807) is 22.9 Å². The van der Waals surface area contributed by atoms with Crippen molar-refractivity contribution in [2.45, 2.75) is 29.1 Å². The monoisotopic (exact) mass is 381 g/mol. The number of hydrogen-bond donors (Lipinski definition) is 1. The minimum atomic E-state index is 0. The van der Waals surface area contributed by atoms with Crippen molar-refractivity contribution in [3.63, 3.8) is 0 Å². The van der Waals surface area contributed by atoms with E-state index in [2.05, 4.69) is 34.1 Å². The number of anilines is 2. The number of aromatic nitrogens is 1. The first-order chi connectivity index (χ1) is 11.3. The second-order valence-corrected chi connectivity index (χ2v) is 7.78. The number of benzene rings is 1. The highest BCUT2D eigenvalue weighted by molar-refractivity contribution is 7.99. The Morgan fingerprint density at radius 1 is 1.12 bits per heavy atom. The molecule has 0 amide bonds. The van der Waals surface area contributed by atoms with Gasteiger partial charge < -0.3 is 22.2 Å². The van der Waals surface area contributed by atoms with Crippen LogP contribution in [0.15, 0.2) is 46.3 Å². The molecule has 0 atom stereocenters. The van der Waals surface area contributed by atoms with E-state index in [4.69, 9.17) is 11.6 Å². The molecule has 128 valence electrons. The second-order valence-electron chi connectivity index (χ2n) is 6.26. The summed E-state index contributed by atoms with van der Waals surface area (Å²) < 4.78 is 0. The molecule has 2 aliphatic rings. The third kappa shape index (κ3) is 3.67. The number of para-hydroxylation sites is 1. The molecule has 3 heterocycles. The van der Waals surface area contributed by atoms with Gasteiger partial charge in [-0.1, -0.05) is 35.5 Å². The Bertz CT molecular complexity index is 704. The molecule has 1 fully saturated rings. The van der Waals surface area contributed by atoms with Crippen LogP contribution in [0.1, 0.15) is 19.3 Å². The van der Waals surface area contributed by atoms with Gasteiger partial charge in [0.1, 0.15) is 5.82 Å². The number of piperidine rings is 1. The summed E-state index contributed by atoms with van der Waals surface area (Å²) in [5, 5.41) is 0.706. The van der Waals surface area contributed by atoms with E-state index in [0.29, 0.717) is 5.02 Å². The normalized spacial score (nSPS) is 17.0. The largest absolute Gasteiger partial charge is 1.00 e. The first-order valence-electron chi connectivity index (χ1n) is 8.35. The van der Waals surface area contributed by atoms with E-state index in [-0.39, 0.29) is 12.4 Å². The lowest BCUT2D eigenvalue weighted by Crippen LogP contribution is -3.13. The number of quaternary nitrogens is 1. The minimum absolute atomic E-state index is 0. The van der Waals surface area contributed by atoms with Gasteiger partial charge in [-0.05, 0) is 37.5 Å². The number of nitrogens with one attached hydrogen (secondary N) is 1. The Balaban J connectivity index is 0.00000169. The topological polar surface area (TPSA) is 20.6 Å². The Morgan fingerprint density at radius 3 is 2.75 bits per heavy atom. The lowest BCUT2D eigenvalue weighted by Gasteiger charge is -2.33. The first-order valence-corrected chi connectivity index (χ1v) is 9.54. The van der Waals surface area contributed by atoms with Gasteiger partial charge >= 0.3 is 0 Å². The molecule has 3 nitrogen and oxygen atoms in total. The van der Waals surface area contributed by atoms with E-state index in [9.17, 15) is 0 Å². The van der Waals surface area contributed by atoms with Gasteiger partial charge in [0.05, 0.1) is 41.8 Å². The molecule has 1 saturated heterocycles. The number of halogens is 2. The fourth-order valence-electron chi connectivity index (χ4n) is 3.49. The maximum atomic E-state index is 6.15. The molecule has 2 aromatic rings. The molecule has 0 bridgehead atoms. The number of fused-ring (bicyclic) bond motifs is 2. The molecule has 0 aliphatic carbocycles. The predicted octanol–water partition coefficient (Wildman–Crippen LogP) is 0.411. The highest BCUT2D eigenvalue weighted by Crippen LogP contribution is 2.47. The third-order valence-electron chi connectivity index (χ3n) is 4.68. The van der Waals surface area contributed by atoms with Crippen molar-refractivity contribution < 1.29 is 17.3 Å². The zero-order valence-electron chi connectivity index (χ0n) is 13.5. The van der Waals surface area contributed by atoms with Crippen LogP contribution in [0, 0.1) is 0 Å². The van der Waals surface area contributed by atoms with Crippen molar-refractivity contribution in [3.8, 4) is 0 Å². The standard InChI is InChI=1S/C18H20ClN3S.ClH/c19-14-12-17-18(20-13-14)22(11-10-21-8-4-1-5-9-21)15-6-2-3-7-16(15)23-17;/h2-3,6-7,12-13H,1,4-5,8-11H2;1H. The van der Waals surface area contributed by atoms with Gasteiger partial charge in [-0.15, -0.1) is 0 Å². The van der Waals surface area contributed by atoms with Crippen LogP contribution in [-0.4, -0.2) is 31.2 Å². The number of nitrogens with zero attached hydrogens (tertiary/aromatic N) is 2. The van der Waals surface area contributed by atoms with Gasteiger partial charge in [-0.2, -0.15) is 0 Å². The Morgan fingerprint density at radius 2 is 1.92 bits per heavy atom. The van der Waals surface area contributed by atoms with Crippen LogP contribution in [0.25, 0.3) is 0 Å². The summed E-state index contributed by atoms with van der Waals surface area (Å²) in [5.41, 5.74) is 1.27. The van der Waals surface area contributed by atoms with Gasteiger partial charge in [0.2, 0.25) is 0 Å². The lowest BCUT2D eigenvalue weighted by atomic mass is 10.1. The number of hydrogen-bond acceptors (Lipinski definition) is 3. The van der Waals surface area contributed by atoms with Crippen LogP contribution in [0.4, 0.5) is 11.5 Å². The van der Waals surface area contributed by atoms with Gasteiger partial charge in [-0.3, -0.25) is 0 Å². The minimum Gasteiger partial charge on any atom is -1.00 e. The van der Waals surface area contributed by atoms with Crippen LogP contribution < -0.4 is 22.2 Å². The van der Waals surface area contributed by atoms with Crippen LogP contribution in [0.5, 0.6) is 0 Å². The fraction of sp³-hybridized carbons (Fsp3) is 0.389. The summed E-state index contributed by atoms with van der Waals surface area (Å²) in [7, 11) is 0. The molecule has 1 N–H and O–H groups in total. The predicted molar refractivity (Wildman–Crippen MR) is 96.2 cm³/mol. The molecule has 24 heavy (non-hydrogen) atoms. The lowest BCUT2D eigenvalue weighted by molar-refractivity contribution is -0.903. The fourth-order valence-corrected chi connectivity index (χ4v) is 4.82. The molecule has 6 heteroatoms. The summed E-state index contributed by atoms with van der Waals surface area (Å²) in [6.45, 7) is 4.80. The number of likely N-dealkylation sites (tertiary alicyclic amines) is 1.